The molecule has 18 heavy (non-hydrogen) atoms. The lowest BCUT2D eigenvalue weighted by Crippen LogP contribution is -2.20. The first-order valence-electron chi connectivity index (χ1n) is 6.42. The fraction of sp³-hybridized carbons (Fsp3) is 0.600. The minimum absolute atomic E-state index is 0.365. The molecule has 1 N–H and O–H groups in total. The van der Waals surface area contributed by atoms with E-state index in [2.05, 4.69) is 31.3 Å². The second-order valence-electron chi connectivity index (χ2n) is 5.71. The lowest BCUT2D eigenvalue weighted by atomic mass is 9.97. The van der Waals surface area contributed by atoms with E-state index in [1.165, 1.54) is 12.0 Å². The van der Waals surface area contributed by atoms with Crippen molar-refractivity contribution in [3.8, 4) is 11.5 Å². The summed E-state index contributed by atoms with van der Waals surface area (Å²) in [5, 5.41) is 3.43. The molecule has 0 radical (unpaired) electrons. The van der Waals surface area contributed by atoms with Gasteiger partial charge in [0.2, 0.25) is 0 Å². The Hall–Kier alpha value is -1.22. The van der Waals surface area contributed by atoms with Crippen LogP contribution in [0.2, 0.25) is 0 Å². The number of methoxy groups -OCH3 is 2. The lowest BCUT2D eigenvalue weighted by Gasteiger charge is -2.20. The molecule has 1 aliphatic carbocycles. The maximum absolute atomic E-state index is 5.34. The molecule has 2 rings (SSSR count). The molecule has 1 fully saturated rings. The van der Waals surface area contributed by atoms with Crippen molar-refractivity contribution in [3.05, 3.63) is 23.8 Å². The summed E-state index contributed by atoms with van der Waals surface area (Å²) in [4.78, 5) is 0. The van der Waals surface area contributed by atoms with Crippen molar-refractivity contribution in [1.29, 1.82) is 0 Å². The summed E-state index contributed by atoms with van der Waals surface area (Å²) in [5.41, 5.74) is 1.67. The Bertz CT molecular complexity index is 406. The van der Waals surface area contributed by atoms with Crippen molar-refractivity contribution in [2.75, 3.05) is 21.3 Å². The van der Waals surface area contributed by atoms with Gasteiger partial charge < -0.3 is 14.8 Å². The Labute approximate surface area is 109 Å². The minimum atomic E-state index is 0.365. The summed E-state index contributed by atoms with van der Waals surface area (Å²) in [6.07, 6.45) is 1.26. The zero-order chi connectivity index (χ0) is 13.3. The van der Waals surface area contributed by atoms with E-state index in [0.717, 1.165) is 11.5 Å². The SMILES string of the molecule is CNC(c1cc(OC)cc(OC)c1)C1CC1(C)C. The maximum atomic E-state index is 5.34. The van der Waals surface area contributed by atoms with Crippen LogP contribution in [-0.2, 0) is 0 Å². The third-order valence-corrected chi connectivity index (χ3v) is 4.04. The fourth-order valence-corrected chi connectivity index (χ4v) is 2.69. The van der Waals surface area contributed by atoms with Crippen LogP contribution in [0.4, 0.5) is 0 Å². The number of rotatable bonds is 5. The average molecular weight is 249 g/mol. The smallest absolute Gasteiger partial charge is 0.122 e. The molecule has 3 nitrogen and oxygen atoms in total. The number of nitrogens with one attached hydrogen (secondary N) is 1. The standard InChI is InChI=1S/C15H23NO2/c1-15(2)9-13(15)14(16-3)10-6-11(17-4)8-12(7-10)18-5/h6-8,13-14,16H,9H2,1-5H3. The summed E-state index contributed by atoms with van der Waals surface area (Å²) < 4.78 is 10.7. The zero-order valence-corrected chi connectivity index (χ0v) is 11.9. The van der Waals surface area contributed by atoms with Crippen LogP contribution in [0.1, 0.15) is 31.9 Å². The highest BCUT2D eigenvalue weighted by molar-refractivity contribution is 5.40. The number of hydrogen-bond donors (Lipinski definition) is 1. The third kappa shape index (κ3) is 2.46. The Morgan fingerprint density at radius 2 is 1.67 bits per heavy atom. The first-order valence-corrected chi connectivity index (χ1v) is 6.42. The molecule has 0 amide bonds. The third-order valence-electron chi connectivity index (χ3n) is 4.04. The van der Waals surface area contributed by atoms with Crippen LogP contribution in [-0.4, -0.2) is 21.3 Å². The number of benzene rings is 1. The molecule has 0 heterocycles. The molecule has 0 saturated heterocycles. The molecule has 2 atom stereocenters. The second-order valence-corrected chi connectivity index (χ2v) is 5.71. The zero-order valence-electron chi connectivity index (χ0n) is 11.9. The van der Waals surface area contributed by atoms with E-state index in [1.54, 1.807) is 14.2 Å². The van der Waals surface area contributed by atoms with E-state index in [4.69, 9.17) is 9.47 Å². The molecule has 0 aromatic heterocycles. The van der Waals surface area contributed by atoms with Gasteiger partial charge >= 0.3 is 0 Å². The summed E-state index contributed by atoms with van der Waals surface area (Å²) in [5.74, 6) is 2.38. The van der Waals surface area contributed by atoms with Crippen LogP contribution in [0.3, 0.4) is 0 Å². The van der Waals surface area contributed by atoms with Crippen molar-refractivity contribution in [2.24, 2.45) is 11.3 Å². The molecule has 3 heteroatoms. The van der Waals surface area contributed by atoms with Gasteiger partial charge in [0.15, 0.2) is 0 Å². The molecule has 100 valence electrons. The van der Waals surface area contributed by atoms with E-state index in [-0.39, 0.29) is 0 Å². The van der Waals surface area contributed by atoms with Crippen molar-refractivity contribution >= 4 is 0 Å². The van der Waals surface area contributed by atoms with Gasteiger partial charge in [0.1, 0.15) is 11.5 Å². The average Bonchev–Trinajstić information content (AvgIpc) is 2.98. The first kappa shape index (κ1) is 13.2. The van der Waals surface area contributed by atoms with Crippen molar-refractivity contribution in [1.82, 2.24) is 5.32 Å². The second kappa shape index (κ2) is 4.81. The lowest BCUT2D eigenvalue weighted by molar-refractivity contribution is 0.387. The van der Waals surface area contributed by atoms with E-state index in [0.29, 0.717) is 17.4 Å². The van der Waals surface area contributed by atoms with E-state index in [1.807, 2.05) is 13.1 Å². The Morgan fingerprint density at radius 3 is 2.00 bits per heavy atom. The van der Waals surface area contributed by atoms with Gasteiger partial charge in [0.05, 0.1) is 14.2 Å². The molecular formula is C15H23NO2. The molecule has 0 bridgehead atoms. The highest BCUT2D eigenvalue weighted by Gasteiger charge is 2.50. The van der Waals surface area contributed by atoms with Crippen LogP contribution in [0.25, 0.3) is 0 Å². The minimum Gasteiger partial charge on any atom is -0.497 e. The van der Waals surface area contributed by atoms with Gasteiger partial charge in [-0.25, -0.2) is 0 Å². The van der Waals surface area contributed by atoms with Gasteiger partial charge in [-0.15, -0.1) is 0 Å². The first-order chi connectivity index (χ1) is 8.51. The van der Waals surface area contributed by atoms with E-state index < -0.39 is 0 Å². The van der Waals surface area contributed by atoms with Gasteiger partial charge in [0.25, 0.3) is 0 Å². The highest BCUT2D eigenvalue weighted by Crippen LogP contribution is 2.57. The molecule has 0 aliphatic heterocycles. The fourth-order valence-electron chi connectivity index (χ4n) is 2.69. The van der Waals surface area contributed by atoms with Crippen molar-refractivity contribution in [3.63, 3.8) is 0 Å². The van der Waals surface area contributed by atoms with Crippen LogP contribution in [0, 0.1) is 11.3 Å². The number of hydrogen-bond acceptors (Lipinski definition) is 3. The molecule has 1 aromatic carbocycles. The Kier molecular flexibility index (Phi) is 3.53. The van der Waals surface area contributed by atoms with E-state index >= 15 is 0 Å². The van der Waals surface area contributed by atoms with Gasteiger partial charge in [-0.3, -0.25) is 0 Å². The molecule has 1 aliphatic rings. The molecule has 1 aromatic rings. The van der Waals surface area contributed by atoms with Gasteiger partial charge in [-0.1, -0.05) is 13.8 Å². The summed E-state index contributed by atoms with van der Waals surface area (Å²) in [6.45, 7) is 4.64. The normalized spacial score (nSPS) is 22.4. The number of ether oxygens (including phenoxy) is 2. The van der Waals surface area contributed by atoms with Gasteiger partial charge in [0, 0.05) is 12.1 Å². The van der Waals surface area contributed by atoms with Crippen LogP contribution in [0.5, 0.6) is 11.5 Å². The van der Waals surface area contributed by atoms with Crippen molar-refractivity contribution < 1.29 is 9.47 Å². The largest absolute Gasteiger partial charge is 0.497 e. The van der Waals surface area contributed by atoms with Crippen LogP contribution < -0.4 is 14.8 Å². The predicted molar refractivity (Wildman–Crippen MR) is 73.2 cm³/mol. The van der Waals surface area contributed by atoms with Crippen molar-refractivity contribution in [2.45, 2.75) is 26.3 Å². The highest BCUT2D eigenvalue weighted by atomic mass is 16.5. The molecule has 0 spiro atoms. The van der Waals surface area contributed by atoms with Crippen LogP contribution in [0.15, 0.2) is 18.2 Å². The topological polar surface area (TPSA) is 30.5 Å². The van der Waals surface area contributed by atoms with Gasteiger partial charge in [-0.2, -0.15) is 0 Å². The Morgan fingerprint density at radius 1 is 1.17 bits per heavy atom. The molecule has 2 unspecified atom stereocenters. The Balaban J connectivity index is 2.30. The summed E-state index contributed by atoms with van der Waals surface area (Å²) in [6, 6.07) is 6.47. The van der Waals surface area contributed by atoms with E-state index in [9.17, 15) is 0 Å². The predicted octanol–water partition coefficient (Wildman–Crippen LogP) is 3.01. The van der Waals surface area contributed by atoms with Gasteiger partial charge in [-0.05, 0) is 42.5 Å². The maximum Gasteiger partial charge on any atom is 0.122 e. The monoisotopic (exact) mass is 249 g/mol. The van der Waals surface area contributed by atoms with Crippen LogP contribution >= 0.6 is 0 Å². The molecular weight excluding hydrogens is 226 g/mol. The quantitative estimate of drug-likeness (QED) is 0.870. The molecule has 1 saturated carbocycles. The summed E-state index contributed by atoms with van der Waals surface area (Å²) in [7, 11) is 5.40. The summed E-state index contributed by atoms with van der Waals surface area (Å²) >= 11 is 0.